The van der Waals surface area contributed by atoms with Gasteiger partial charge in [0.2, 0.25) is 0 Å². The Balaban J connectivity index is 1.54. The van der Waals surface area contributed by atoms with Gasteiger partial charge in [-0.3, -0.25) is 4.90 Å². The van der Waals surface area contributed by atoms with Crippen LogP contribution in [-0.4, -0.2) is 42.4 Å². The van der Waals surface area contributed by atoms with Crippen LogP contribution >= 0.6 is 0 Å². The number of likely N-dealkylation sites (tertiary alicyclic amines) is 1. The van der Waals surface area contributed by atoms with Crippen molar-refractivity contribution in [3.05, 3.63) is 42.5 Å². The van der Waals surface area contributed by atoms with Gasteiger partial charge in [-0.25, -0.2) is 0 Å². The van der Waals surface area contributed by atoms with Crippen molar-refractivity contribution in [3.8, 4) is 5.75 Å². The van der Waals surface area contributed by atoms with Crippen molar-refractivity contribution in [3.63, 3.8) is 0 Å². The summed E-state index contributed by atoms with van der Waals surface area (Å²) in [5.74, 6) is 0.918. The fourth-order valence-corrected chi connectivity index (χ4v) is 2.78. The number of hydrogen-bond acceptors (Lipinski definition) is 3. The fraction of sp³-hybridized carbons (Fsp3) is 0.412. The maximum atomic E-state index is 9.63. The average Bonchev–Trinajstić information content (AvgIpc) is 2.47. The molecule has 20 heavy (non-hydrogen) atoms. The number of rotatable bonds is 4. The molecule has 1 fully saturated rings. The van der Waals surface area contributed by atoms with Gasteiger partial charge in [-0.2, -0.15) is 0 Å². The molecule has 3 heteroatoms. The zero-order valence-corrected chi connectivity index (χ0v) is 11.7. The van der Waals surface area contributed by atoms with Crippen molar-refractivity contribution in [2.75, 3.05) is 26.2 Å². The van der Waals surface area contributed by atoms with Crippen molar-refractivity contribution in [2.24, 2.45) is 0 Å². The van der Waals surface area contributed by atoms with Crippen LogP contribution in [0.5, 0.6) is 5.75 Å². The highest BCUT2D eigenvalue weighted by Gasteiger charge is 2.16. The number of β-amino-alcohol motifs (C(OH)–C–C–N with tert-alkyl or cyclic N) is 1. The minimum atomic E-state index is -0.163. The van der Waals surface area contributed by atoms with E-state index >= 15 is 0 Å². The number of nitrogens with zero attached hydrogens (tertiary/aromatic N) is 1. The Hall–Kier alpha value is -1.58. The van der Waals surface area contributed by atoms with Crippen molar-refractivity contribution >= 4 is 10.8 Å². The van der Waals surface area contributed by atoms with Gasteiger partial charge < -0.3 is 9.84 Å². The number of benzene rings is 2. The van der Waals surface area contributed by atoms with E-state index in [4.69, 9.17) is 4.74 Å². The van der Waals surface area contributed by atoms with Gasteiger partial charge >= 0.3 is 0 Å². The molecule has 1 aliphatic rings. The molecule has 0 amide bonds. The number of ether oxygens (including phenoxy) is 1. The highest BCUT2D eigenvalue weighted by molar-refractivity contribution is 5.83. The quantitative estimate of drug-likeness (QED) is 0.928. The van der Waals surface area contributed by atoms with E-state index in [0.717, 1.165) is 38.2 Å². The molecule has 0 aromatic heterocycles. The Morgan fingerprint density at radius 3 is 2.85 bits per heavy atom. The van der Waals surface area contributed by atoms with E-state index in [9.17, 15) is 5.11 Å². The molecular formula is C17H21NO2. The molecule has 1 N–H and O–H groups in total. The Morgan fingerprint density at radius 1 is 1.15 bits per heavy atom. The summed E-state index contributed by atoms with van der Waals surface area (Å²) in [5.41, 5.74) is 0. The molecule has 1 atom stereocenters. The van der Waals surface area contributed by atoms with Crippen LogP contribution in [0.2, 0.25) is 0 Å². The monoisotopic (exact) mass is 271 g/mol. The Morgan fingerprint density at radius 2 is 2.00 bits per heavy atom. The maximum absolute atomic E-state index is 9.63. The molecule has 3 rings (SSSR count). The third-order valence-electron chi connectivity index (χ3n) is 3.88. The van der Waals surface area contributed by atoms with Crippen LogP contribution in [0.3, 0.4) is 0 Å². The molecule has 2 aromatic rings. The van der Waals surface area contributed by atoms with E-state index in [1.807, 2.05) is 18.2 Å². The van der Waals surface area contributed by atoms with Crippen molar-refractivity contribution in [1.82, 2.24) is 4.90 Å². The smallest absolute Gasteiger partial charge is 0.120 e. The lowest BCUT2D eigenvalue weighted by Gasteiger charge is -2.29. The predicted molar refractivity (Wildman–Crippen MR) is 81.1 cm³/mol. The van der Waals surface area contributed by atoms with Gasteiger partial charge in [0.25, 0.3) is 0 Å². The van der Waals surface area contributed by atoms with Crippen LogP contribution in [0.1, 0.15) is 12.8 Å². The summed E-state index contributed by atoms with van der Waals surface area (Å²) in [5, 5.41) is 12.1. The van der Waals surface area contributed by atoms with Crippen molar-refractivity contribution in [1.29, 1.82) is 0 Å². The molecule has 1 heterocycles. The van der Waals surface area contributed by atoms with Gasteiger partial charge in [-0.1, -0.05) is 30.3 Å². The van der Waals surface area contributed by atoms with Gasteiger partial charge in [-0.15, -0.1) is 0 Å². The second-order valence-electron chi connectivity index (χ2n) is 5.45. The zero-order chi connectivity index (χ0) is 13.8. The van der Waals surface area contributed by atoms with Gasteiger partial charge in [0.15, 0.2) is 0 Å². The second kappa shape index (κ2) is 6.25. The van der Waals surface area contributed by atoms with E-state index in [0.29, 0.717) is 6.61 Å². The minimum Gasteiger partial charge on any atom is -0.492 e. The molecule has 0 spiro atoms. The molecule has 106 valence electrons. The van der Waals surface area contributed by atoms with E-state index in [-0.39, 0.29) is 6.10 Å². The molecule has 0 bridgehead atoms. The first kappa shape index (κ1) is 13.4. The van der Waals surface area contributed by atoms with Crippen LogP contribution in [0.4, 0.5) is 0 Å². The van der Waals surface area contributed by atoms with Crippen LogP contribution in [-0.2, 0) is 0 Å². The van der Waals surface area contributed by atoms with Gasteiger partial charge in [0.1, 0.15) is 12.4 Å². The number of hydrogen-bond donors (Lipinski definition) is 1. The van der Waals surface area contributed by atoms with E-state index in [1.54, 1.807) is 0 Å². The Labute approximate surface area is 119 Å². The molecule has 2 aromatic carbocycles. The van der Waals surface area contributed by atoms with Gasteiger partial charge in [-0.05, 0) is 42.3 Å². The number of piperidine rings is 1. The lowest BCUT2D eigenvalue weighted by molar-refractivity contribution is 0.0633. The molecule has 1 saturated heterocycles. The molecule has 3 nitrogen and oxygen atoms in total. The van der Waals surface area contributed by atoms with Crippen molar-refractivity contribution < 1.29 is 9.84 Å². The fourth-order valence-electron chi connectivity index (χ4n) is 2.78. The largest absolute Gasteiger partial charge is 0.492 e. The number of fused-ring (bicyclic) bond motifs is 1. The number of aliphatic hydroxyl groups is 1. The van der Waals surface area contributed by atoms with E-state index in [2.05, 4.69) is 29.2 Å². The molecule has 1 unspecified atom stereocenters. The summed E-state index contributed by atoms with van der Waals surface area (Å²) in [4.78, 5) is 2.27. The SMILES string of the molecule is OC1CCCN(CCOc2ccc3ccccc3c2)C1. The first-order valence-electron chi connectivity index (χ1n) is 7.33. The highest BCUT2D eigenvalue weighted by Crippen LogP contribution is 2.20. The molecule has 0 radical (unpaired) electrons. The third kappa shape index (κ3) is 3.30. The molecule has 1 aliphatic heterocycles. The summed E-state index contributed by atoms with van der Waals surface area (Å²) in [6.45, 7) is 3.40. The van der Waals surface area contributed by atoms with Gasteiger partial charge in [0, 0.05) is 13.1 Å². The van der Waals surface area contributed by atoms with Crippen LogP contribution in [0.25, 0.3) is 10.8 Å². The van der Waals surface area contributed by atoms with Crippen molar-refractivity contribution in [2.45, 2.75) is 18.9 Å². The van der Waals surface area contributed by atoms with Crippen LogP contribution < -0.4 is 4.74 Å². The Bertz CT molecular complexity index is 570. The number of aliphatic hydroxyl groups excluding tert-OH is 1. The maximum Gasteiger partial charge on any atom is 0.120 e. The van der Waals surface area contributed by atoms with Crippen LogP contribution in [0, 0.1) is 0 Å². The molecule has 0 saturated carbocycles. The first-order valence-corrected chi connectivity index (χ1v) is 7.33. The lowest BCUT2D eigenvalue weighted by atomic mass is 10.1. The Kier molecular flexibility index (Phi) is 4.19. The summed E-state index contributed by atoms with van der Waals surface area (Å²) in [7, 11) is 0. The summed E-state index contributed by atoms with van der Waals surface area (Å²) >= 11 is 0. The topological polar surface area (TPSA) is 32.7 Å². The standard InChI is InChI=1S/C17H21NO2/c19-16-6-3-9-18(13-16)10-11-20-17-8-7-14-4-1-2-5-15(14)12-17/h1-2,4-5,7-8,12,16,19H,3,6,9-11,13H2. The second-order valence-corrected chi connectivity index (χ2v) is 5.45. The summed E-state index contributed by atoms with van der Waals surface area (Å²) in [6.07, 6.45) is 1.85. The third-order valence-corrected chi connectivity index (χ3v) is 3.88. The summed E-state index contributed by atoms with van der Waals surface area (Å²) < 4.78 is 5.83. The predicted octanol–water partition coefficient (Wildman–Crippen LogP) is 2.68. The summed E-state index contributed by atoms with van der Waals surface area (Å²) in [6, 6.07) is 14.5. The average molecular weight is 271 g/mol. The minimum absolute atomic E-state index is 0.163. The molecule has 0 aliphatic carbocycles. The van der Waals surface area contributed by atoms with Crippen LogP contribution in [0.15, 0.2) is 42.5 Å². The zero-order valence-electron chi connectivity index (χ0n) is 11.7. The molecular weight excluding hydrogens is 250 g/mol. The van der Waals surface area contributed by atoms with Gasteiger partial charge in [0.05, 0.1) is 6.10 Å². The normalized spacial score (nSPS) is 20.1. The van der Waals surface area contributed by atoms with E-state index < -0.39 is 0 Å². The lowest BCUT2D eigenvalue weighted by Crippen LogP contribution is -2.40. The highest BCUT2D eigenvalue weighted by atomic mass is 16.5. The van der Waals surface area contributed by atoms with E-state index in [1.165, 1.54) is 10.8 Å². The first-order chi connectivity index (χ1) is 9.81.